The summed E-state index contributed by atoms with van der Waals surface area (Å²) in [5, 5.41) is 16.6. The van der Waals surface area contributed by atoms with Crippen molar-refractivity contribution in [2.45, 2.75) is 49.9 Å². The standard InChI is InChI=1S/C27H33N3O5.ClH/c1-34-25-12-19(27(33)30-21-7-8-22(30)16-35-15-21)6-9-24(25)26(32)29-14-23(31)13-28-20-10-17-4-2-3-5-18(17)11-20;/h2-6,9,12,20-23,28,31H,7-8,10-11,13-16H2,1H3,(H,29,32);1H. The molecule has 2 heterocycles. The lowest BCUT2D eigenvalue weighted by Crippen LogP contribution is -2.49. The van der Waals surface area contributed by atoms with E-state index in [1.165, 1.54) is 18.2 Å². The first kappa shape index (κ1) is 26.4. The van der Waals surface area contributed by atoms with Gasteiger partial charge < -0.3 is 30.1 Å². The molecule has 3 unspecified atom stereocenters. The van der Waals surface area contributed by atoms with Crippen LogP contribution in [-0.2, 0) is 17.6 Å². The molecule has 3 aliphatic rings. The summed E-state index contributed by atoms with van der Waals surface area (Å²) < 4.78 is 11.0. The number of aliphatic hydroxyl groups excluding tert-OH is 1. The summed E-state index contributed by atoms with van der Waals surface area (Å²) >= 11 is 0. The third-order valence-corrected chi connectivity index (χ3v) is 7.36. The lowest BCUT2D eigenvalue weighted by Gasteiger charge is -2.34. The molecule has 9 heteroatoms. The van der Waals surface area contributed by atoms with Gasteiger partial charge in [-0.05, 0) is 55.0 Å². The zero-order valence-electron chi connectivity index (χ0n) is 20.4. The monoisotopic (exact) mass is 515 g/mol. The minimum Gasteiger partial charge on any atom is -0.496 e. The van der Waals surface area contributed by atoms with E-state index in [1.807, 2.05) is 4.90 Å². The molecule has 5 rings (SSSR count). The highest BCUT2D eigenvalue weighted by Gasteiger charge is 2.40. The molecule has 194 valence electrons. The Balaban J connectivity index is 0.00000304. The molecule has 2 saturated heterocycles. The van der Waals surface area contributed by atoms with Crippen molar-refractivity contribution < 1.29 is 24.2 Å². The minimum atomic E-state index is -0.716. The number of rotatable bonds is 8. The van der Waals surface area contributed by atoms with E-state index in [9.17, 15) is 14.7 Å². The third kappa shape index (κ3) is 5.52. The number of hydrogen-bond acceptors (Lipinski definition) is 6. The highest BCUT2D eigenvalue weighted by Crippen LogP contribution is 2.31. The normalized spacial score (nSPS) is 21.4. The second-order valence-electron chi connectivity index (χ2n) is 9.70. The van der Waals surface area contributed by atoms with E-state index in [2.05, 4.69) is 34.9 Å². The lowest BCUT2D eigenvalue weighted by molar-refractivity contribution is -0.00717. The SMILES string of the molecule is COc1cc(C(=O)N2C3CCC2COC3)ccc1C(=O)NCC(O)CNC1Cc2ccccc2C1.Cl. The van der Waals surface area contributed by atoms with Crippen molar-refractivity contribution in [2.75, 3.05) is 33.4 Å². The number of aliphatic hydroxyl groups is 1. The van der Waals surface area contributed by atoms with Gasteiger partial charge in [0.1, 0.15) is 5.75 Å². The average Bonchev–Trinajstić information content (AvgIpc) is 3.41. The molecule has 2 bridgehead atoms. The maximum atomic E-state index is 13.2. The molecule has 2 aromatic rings. The smallest absolute Gasteiger partial charge is 0.255 e. The molecule has 2 aliphatic heterocycles. The van der Waals surface area contributed by atoms with Crippen LogP contribution in [0.15, 0.2) is 42.5 Å². The van der Waals surface area contributed by atoms with Gasteiger partial charge >= 0.3 is 0 Å². The topological polar surface area (TPSA) is 100 Å². The fraction of sp³-hybridized carbons (Fsp3) is 0.481. The van der Waals surface area contributed by atoms with E-state index in [4.69, 9.17) is 9.47 Å². The van der Waals surface area contributed by atoms with Crippen LogP contribution in [0, 0.1) is 0 Å². The van der Waals surface area contributed by atoms with Crippen molar-refractivity contribution in [1.29, 1.82) is 0 Å². The fourth-order valence-electron chi connectivity index (χ4n) is 5.50. The van der Waals surface area contributed by atoms with Crippen molar-refractivity contribution >= 4 is 24.2 Å². The van der Waals surface area contributed by atoms with E-state index < -0.39 is 6.10 Å². The maximum Gasteiger partial charge on any atom is 0.255 e. The van der Waals surface area contributed by atoms with Crippen LogP contribution in [-0.4, -0.2) is 79.5 Å². The molecule has 0 spiro atoms. The van der Waals surface area contributed by atoms with Crippen molar-refractivity contribution in [3.8, 4) is 5.75 Å². The number of nitrogens with one attached hydrogen (secondary N) is 2. The molecule has 2 amide bonds. The van der Waals surface area contributed by atoms with Crippen LogP contribution in [0.5, 0.6) is 5.75 Å². The van der Waals surface area contributed by atoms with Crippen LogP contribution in [0.1, 0.15) is 44.7 Å². The van der Waals surface area contributed by atoms with Crippen LogP contribution in [0.2, 0.25) is 0 Å². The summed E-state index contributed by atoms with van der Waals surface area (Å²) in [7, 11) is 1.48. The highest BCUT2D eigenvalue weighted by molar-refractivity contribution is 6.00. The third-order valence-electron chi connectivity index (χ3n) is 7.36. The minimum absolute atomic E-state index is 0. The zero-order valence-corrected chi connectivity index (χ0v) is 21.3. The number of nitrogens with zero attached hydrogens (tertiary/aromatic N) is 1. The number of amides is 2. The Hall–Kier alpha value is -2.65. The molecule has 3 atom stereocenters. The summed E-state index contributed by atoms with van der Waals surface area (Å²) in [6.45, 7) is 1.66. The van der Waals surface area contributed by atoms with Gasteiger partial charge in [0, 0.05) is 24.7 Å². The van der Waals surface area contributed by atoms with Crippen molar-refractivity contribution in [3.05, 3.63) is 64.7 Å². The van der Waals surface area contributed by atoms with Crippen molar-refractivity contribution in [1.82, 2.24) is 15.5 Å². The van der Waals surface area contributed by atoms with Gasteiger partial charge in [-0.1, -0.05) is 24.3 Å². The number of methoxy groups -OCH3 is 1. The van der Waals surface area contributed by atoms with Gasteiger partial charge in [0.25, 0.3) is 11.8 Å². The summed E-state index contributed by atoms with van der Waals surface area (Å²) in [5.74, 6) is -0.0634. The van der Waals surface area contributed by atoms with E-state index in [0.717, 1.165) is 25.7 Å². The predicted molar refractivity (Wildman–Crippen MR) is 138 cm³/mol. The summed E-state index contributed by atoms with van der Waals surface area (Å²) in [6.07, 6.45) is 3.09. The number of hydrogen-bond donors (Lipinski definition) is 3. The number of fused-ring (bicyclic) bond motifs is 3. The quantitative estimate of drug-likeness (QED) is 0.497. The lowest BCUT2D eigenvalue weighted by atomic mass is 10.1. The van der Waals surface area contributed by atoms with E-state index in [-0.39, 0.29) is 42.8 Å². The fourth-order valence-corrected chi connectivity index (χ4v) is 5.50. The summed E-state index contributed by atoms with van der Waals surface area (Å²) in [6, 6.07) is 13.8. The first-order valence-electron chi connectivity index (χ1n) is 12.4. The number of carbonyl (C=O) groups is 2. The molecule has 1 aliphatic carbocycles. The predicted octanol–water partition coefficient (Wildman–Crippen LogP) is 1.97. The van der Waals surface area contributed by atoms with E-state index in [1.54, 1.807) is 18.2 Å². The number of benzene rings is 2. The number of ether oxygens (including phenoxy) is 2. The highest BCUT2D eigenvalue weighted by atomic mass is 35.5. The van der Waals surface area contributed by atoms with Gasteiger partial charge in [-0.25, -0.2) is 0 Å². The van der Waals surface area contributed by atoms with E-state index >= 15 is 0 Å². The molecule has 0 saturated carbocycles. The van der Waals surface area contributed by atoms with Crippen LogP contribution in [0.4, 0.5) is 0 Å². The number of carbonyl (C=O) groups excluding carboxylic acids is 2. The van der Waals surface area contributed by atoms with E-state index in [0.29, 0.717) is 42.7 Å². The van der Waals surface area contributed by atoms with Gasteiger partial charge in [-0.2, -0.15) is 0 Å². The summed E-state index contributed by atoms with van der Waals surface area (Å²) in [4.78, 5) is 27.9. The van der Waals surface area contributed by atoms with Crippen LogP contribution in [0.25, 0.3) is 0 Å². The molecule has 2 fully saturated rings. The van der Waals surface area contributed by atoms with Crippen molar-refractivity contribution in [2.24, 2.45) is 0 Å². The Morgan fingerprint density at radius 2 is 1.75 bits per heavy atom. The van der Waals surface area contributed by atoms with Gasteiger partial charge in [-0.3, -0.25) is 9.59 Å². The van der Waals surface area contributed by atoms with Gasteiger partial charge in [0.05, 0.1) is 44.1 Å². The molecular formula is C27H34ClN3O5. The number of morpholine rings is 1. The first-order chi connectivity index (χ1) is 17.0. The second-order valence-corrected chi connectivity index (χ2v) is 9.70. The van der Waals surface area contributed by atoms with Gasteiger partial charge in [0.2, 0.25) is 0 Å². The Kier molecular flexibility index (Phi) is 8.51. The van der Waals surface area contributed by atoms with Crippen molar-refractivity contribution in [3.63, 3.8) is 0 Å². The van der Waals surface area contributed by atoms with Crippen LogP contribution >= 0.6 is 12.4 Å². The average molecular weight is 516 g/mol. The summed E-state index contributed by atoms with van der Waals surface area (Å²) in [5.41, 5.74) is 3.53. The molecular weight excluding hydrogens is 482 g/mol. The first-order valence-corrected chi connectivity index (χ1v) is 12.4. The Morgan fingerprint density at radius 1 is 1.08 bits per heavy atom. The Bertz CT molecular complexity index is 1060. The van der Waals surface area contributed by atoms with Crippen LogP contribution in [0.3, 0.4) is 0 Å². The number of halogens is 1. The second kappa shape index (κ2) is 11.6. The molecule has 0 radical (unpaired) electrons. The van der Waals surface area contributed by atoms with Gasteiger partial charge in [-0.15, -0.1) is 12.4 Å². The molecule has 3 N–H and O–H groups in total. The molecule has 36 heavy (non-hydrogen) atoms. The molecule has 8 nitrogen and oxygen atoms in total. The Morgan fingerprint density at radius 3 is 2.39 bits per heavy atom. The largest absolute Gasteiger partial charge is 0.496 e. The molecule has 0 aromatic heterocycles. The molecule has 2 aromatic carbocycles. The Labute approximate surface area is 217 Å². The van der Waals surface area contributed by atoms with Gasteiger partial charge in [0.15, 0.2) is 0 Å². The zero-order chi connectivity index (χ0) is 24.4. The van der Waals surface area contributed by atoms with Crippen LogP contribution < -0.4 is 15.4 Å². The maximum absolute atomic E-state index is 13.2.